The fourth-order valence-corrected chi connectivity index (χ4v) is 2.36. The summed E-state index contributed by atoms with van der Waals surface area (Å²) in [5.74, 6) is 0. The quantitative estimate of drug-likeness (QED) is 0.501. The van der Waals surface area contributed by atoms with Crippen LogP contribution in [0.25, 0.3) is 0 Å². The summed E-state index contributed by atoms with van der Waals surface area (Å²) in [4.78, 5) is 23.9. The van der Waals surface area contributed by atoms with Crippen LogP contribution in [0.15, 0.2) is 15.8 Å². The van der Waals surface area contributed by atoms with Crippen molar-refractivity contribution in [2.45, 2.75) is 39.0 Å². The highest BCUT2D eigenvalue weighted by Crippen LogP contribution is 2.14. The summed E-state index contributed by atoms with van der Waals surface area (Å²) in [5, 5.41) is 0. The predicted octanol–water partition coefficient (Wildman–Crippen LogP) is 1.99. The van der Waals surface area contributed by atoms with E-state index in [9.17, 15) is 22.8 Å². The average Bonchev–Trinajstić information content (AvgIpc) is 2.38. The van der Waals surface area contributed by atoms with Crippen molar-refractivity contribution in [2.24, 2.45) is 0 Å². The fraction of sp³-hybridized carbons (Fsp3) is 0.667. The van der Waals surface area contributed by atoms with Crippen LogP contribution in [0.2, 0.25) is 0 Å². The largest absolute Gasteiger partial charge is 0.411 e. The van der Waals surface area contributed by atoms with Crippen molar-refractivity contribution in [1.82, 2.24) is 9.13 Å². The molecule has 1 aromatic rings. The number of aryl methyl sites for hydroxylation is 1. The number of halogens is 4. The van der Waals surface area contributed by atoms with Crippen LogP contribution < -0.4 is 11.2 Å². The molecule has 0 saturated heterocycles. The Kier molecular flexibility index (Phi) is 6.91. The molecule has 0 amide bonds. The molecule has 1 aromatic heterocycles. The highest BCUT2D eigenvalue weighted by Gasteiger charge is 2.27. The van der Waals surface area contributed by atoms with Gasteiger partial charge in [0.25, 0.3) is 5.56 Å². The van der Waals surface area contributed by atoms with Gasteiger partial charge in [-0.1, -0.05) is 6.92 Å². The van der Waals surface area contributed by atoms with Gasteiger partial charge in [0.1, 0.15) is 6.61 Å². The standard InChI is InChI=1S/C12H16F3IN2O3/c1-2-4-17-7-9(16)10(19)18(11(17)20)5-3-6-21-8-12(13,14)15/h7H,2-6,8H2,1H3. The third-order valence-corrected chi connectivity index (χ3v) is 3.34. The lowest BCUT2D eigenvalue weighted by Crippen LogP contribution is -2.41. The molecule has 21 heavy (non-hydrogen) atoms. The van der Waals surface area contributed by atoms with Crippen molar-refractivity contribution >= 4 is 22.6 Å². The number of hydrogen-bond donors (Lipinski definition) is 0. The van der Waals surface area contributed by atoms with Crippen LogP contribution in [-0.2, 0) is 17.8 Å². The van der Waals surface area contributed by atoms with Gasteiger partial charge in [0, 0.05) is 25.9 Å². The zero-order valence-corrected chi connectivity index (χ0v) is 13.6. The Hall–Kier alpha value is -0.840. The molecule has 0 aliphatic carbocycles. The lowest BCUT2D eigenvalue weighted by Gasteiger charge is -2.11. The summed E-state index contributed by atoms with van der Waals surface area (Å²) in [5.41, 5.74) is -0.873. The highest BCUT2D eigenvalue weighted by molar-refractivity contribution is 14.1. The van der Waals surface area contributed by atoms with E-state index in [0.717, 1.165) is 11.0 Å². The molecule has 0 spiro atoms. The van der Waals surface area contributed by atoms with Gasteiger partial charge in [-0.05, 0) is 35.4 Å². The van der Waals surface area contributed by atoms with Crippen LogP contribution in [0, 0.1) is 3.57 Å². The molecule has 0 N–H and O–H groups in total. The van der Waals surface area contributed by atoms with Crippen molar-refractivity contribution in [1.29, 1.82) is 0 Å². The summed E-state index contributed by atoms with van der Waals surface area (Å²) in [7, 11) is 0. The maximum Gasteiger partial charge on any atom is 0.411 e. The Morgan fingerprint density at radius 2 is 1.95 bits per heavy atom. The molecule has 0 aromatic carbocycles. The molecule has 0 bridgehead atoms. The molecular formula is C12H16F3IN2O3. The molecule has 0 atom stereocenters. The van der Waals surface area contributed by atoms with Crippen molar-refractivity contribution in [3.63, 3.8) is 0 Å². The van der Waals surface area contributed by atoms with Crippen LogP contribution >= 0.6 is 22.6 Å². The highest BCUT2D eigenvalue weighted by atomic mass is 127. The second-order valence-electron chi connectivity index (χ2n) is 4.43. The third kappa shape index (κ3) is 5.81. The second kappa shape index (κ2) is 7.97. The van der Waals surface area contributed by atoms with E-state index in [0.29, 0.717) is 10.1 Å². The normalized spacial score (nSPS) is 11.9. The van der Waals surface area contributed by atoms with Crippen LogP contribution in [0.5, 0.6) is 0 Å². The van der Waals surface area contributed by atoms with E-state index in [4.69, 9.17) is 0 Å². The molecule has 120 valence electrons. The summed E-state index contributed by atoms with van der Waals surface area (Å²) in [6.07, 6.45) is -1.97. The van der Waals surface area contributed by atoms with Crippen molar-refractivity contribution in [3.05, 3.63) is 30.6 Å². The first-order chi connectivity index (χ1) is 9.76. The van der Waals surface area contributed by atoms with Gasteiger partial charge in [-0.3, -0.25) is 13.9 Å². The molecule has 0 radical (unpaired) electrons. The zero-order chi connectivity index (χ0) is 16.0. The summed E-state index contributed by atoms with van der Waals surface area (Å²) in [6.45, 7) is 0.939. The van der Waals surface area contributed by atoms with Crippen LogP contribution in [0.4, 0.5) is 13.2 Å². The average molecular weight is 420 g/mol. The number of hydrogen-bond acceptors (Lipinski definition) is 3. The van der Waals surface area contributed by atoms with E-state index in [2.05, 4.69) is 4.74 Å². The fourth-order valence-electron chi connectivity index (χ4n) is 1.73. The number of nitrogens with zero attached hydrogens (tertiary/aromatic N) is 2. The molecule has 0 aliphatic heterocycles. The first-order valence-corrected chi connectivity index (χ1v) is 7.48. The predicted molar refractivity (Wildman–Crippen MR) is 79.5 cm³/mol. The van der Waals surface area contributed by atoms with Gasteiger partial charge in [-0.2, -0.15) is 13.2 Å². The maximum absolute atomic E-state index is 12.1. The van der Waals surface area contributed by atoms with Gasteiger partial charge in [-0.15, -0.1) is 0 Å². The van der Waals surface area contributed by atoms with Crippen LogP contribution in [0.1, 0.15) is 19.8 Å². The van der Waals surface area contributed by atoms with E-state index >= 15 is 0 Å². The van der Waals surface area contributed by atoms with Crippen LogP contribution in [-0.4, -0.2) is 28.5 Å². The molecule has 9 heteroatoms. The molecule has 0 aliphatic rings. The summed E-state index contributed by atoms with van der Waals surface area (Å²) >= 11 is 1.84. The molecule has 5 nitrogen and oxygen atoms in total. The Labute approximate surface area is 132 Å². The molecule has 1 heterocycles. The number of ether oxygens (including phenoxy) is 1. The number of aromatic nitrogens is 2. The number of rotatable bonds is 7. The minimum atomic E-state index is -4.37. The van der Waals surface area contributed by atoms with Gasteiger partial charge in [-0.25, -0.2) is 4.79 Å². The van der Waals surface area contributed by atoms with Crippen molar-refractivity contribution in [2.75, 3.05) is 13.2 Å². The minimum Gasteiger partial charge on any atom is -0.372 e. The first kappa shape index (κ1) is 18.2. The Morgan fingerprint density at radius 3 is 2.52 bits per heavy atom. The number of alkyl halides is 3. The Bertz CT molecular complexity index is 581. The van der Waals surface area contributed by atoms with E-state index in [1.165, 1.54) is 10.8 Å². The van der Waals surface area contributed by atoms with Gasteiger partial charge < -0.3 is 4.74 Å². The van der Waals surface area contributed by atoms with Crippen molar-refractivity contribution in [3.8, 4) is 0 Å². The zero-order valence-electron chi connectivity index (χ0n) is 11.5. The molecule has 1 rings (SSSR count). The lowest BCUT2D eigenvalue weighted by atomic mass is 10.4. The van der Waals surface area contributed by atoms with Gasteiger partial charge in [0.15, 0.2) is 0 Å². The topological polar surface area (TPSA) is 53.2 Å². The molecule has 0 fully saturated rings. The van der Waals surface area contributed by atoms with E-state index in [-0.39, 0.29) is 19.6 Å². The smallest absolute Gasteiger partial charge is 0.372 e. The SMILES string of the molecule is CCCn1cc(I)c(=O)n(CCCOCC(F)(F)F)c1=O. The Balaban J connectivity index is 2.71. The van der Waals surface area contributed by atoms with Gasteiger partial charge in [0.05, 0.1) is 3.57 Å². The molecule has 0 unspecified atom stereocenters. The van der Waals surface area contributed by atoms with Crippen molar-refractivity contribution < 1.29 is 17.9 Å². The monoisotopic (exact) mass is 420 g/mol. The van der Waals surface area contributed by atoms with Gasteiger partial charge in [0.2, 0.25) is 0 Å². The summed E-state index contributed by atoms with van der Waals surface area (Å²) in [6, 6.07) is 0. The van der Waals surface area contributed by atoms with Crippen LogP contribution in [0.3, 0.4) is 0 Å². The minimum absolute atomic E-state index is 0.0378. The van der Waals surface area contributed by atoms with E-state index in [1.54, 1.807) is 0 Å². The second-order valence-corrected chi connectivity index (χ2v) is 5.59. The molecular weight excluding hydrogens is 404 g/mol. The first-order valence-electron chi connectivity index (χ1n) is 6.40. The summed E-state index contributed by atoms with van der Waals surface area (Å²) < 4.78 is 43.0. The van der Waals surface area contributed by atoms with E-state index in [1.807, 2.05) is 29.5 Å². The molecule has 0 saturated carbocycles. The Morgan fingerprint density at radius 1 is 1.29 bits per heavy atom. The lowest BCUT2D eigenvalue weighted by molar-refractivity contribution is -0.174. The van der Waals surface area contributed by atoms with E-state index < -0.39 is 24.0 Å². The third-order valence-electron chi connectivity index (χ3n) is 2.60. The maximum atomic E-state index is 12.1. The van der Waals surface area contributed by atoms with Gasteiger partial charge >= 0.3 is 11.9 Å².